The minimum Gasteiger partial charge on any atom is -0.396 e. The third kappa shape index (κ3) is 8.88. The van der Waals surface area contributed by atoms with Crippen molar-refractivity contribution in [2.24, 2.45) is 11.8 Å². The van der Waals surface area contributed by atoms with Gasteiger partial charge in [0.2, 0.25) is 0 Å². The molecule has 0 aromatic heterocycles. The van der Waals surface area contributed by atoms with Gasteiger partial charge in [0.05, 0.1) is 6.10 Å². The molecule has 92 valence electrons. The van der Waals surface area contributed by atoms with Crippen LogP contribution in [0.4, 0.5) is 0 Å². The molecule has 0 heterocycles. The van der Waals surface area contributed by atoms with Crippen molar-refractivity contribution >= 4 is 0 Å². The van der Waals surface area contributed by atoms with Gasteiger partial charge in [0.1, 0.15) is 0 Å². The summed E-state index contributed by atoms with van der Waals surface area (Å²) in [4.78, 5) is 0. The Bertz CT molecular complexity index is 136. The zero-order valence-electron chi connectivity index (χ0n) is 10.6. The van der Waals surface area contributed by atoms with Gasteiger partial charge in [0.15, 0.2) is 0 Å². The first-order valence-electron chi connectivity index (χ1n) is 6.39. The molecule has 0 bridgehead atoms. The highest BCUT2D eigenvalue weighted by molar-refractivity contribution is 4.62. The molecule has 0 amide bonds. The van der Waals surface area contributed by atoms with Gasteiger partial charge in [0, 0.05) is 6.61 Å². The summed E-state index contributed by atoms with van der Waals surface area (Å²) in [5.41, 5.74) is 0. The fourth-order valence-electron chi connectivity index (χ4n) is 2.00. The lowest BCUT2D eigenvalue weighted by atomic mass is 9.95. The summed E-state index contributed by atoms with van der Waals surface area (Å²) in [6.45, 7) is 6.66. The Labute approximate surface area is 94.7 Å². The van der Waals surface area contributed by atoms with Gasteiger partial charge in [-0.25, -0.2) is 0 Å². The Balaban J connectivity index is 3.41. The van der Waals surface area contributed by atoms with Gasteiger partial charge in [-0.05, 0) is 24.7 Å². The van der Waals surface area contributed by atoms with Gasteiger partial charge in [-0.3, -0.25) is 0 Å². The molecule has 0 aliphatic heterocycles. The summed E-state index contributed by atoms with van der Waals surface area (Å²) >= 11 is 0. The molecule has 0 radical (unpaired) electrons. The van der Waals surface area contributed by atoms with Crippen molar-refractivity contribution in [2.45, 2.75) is 65.4 Å². The molecule has 0 aliphatic rings. The molecular weight excluding hydrogens is 188 g/mol. The average Bonchev–Trinajstić information content (AvgIpc) is 2.18. The molecule has 15 heavy (non-hydrogen) atoms. The second-order valence-electron chi connectivity index (χ2n) is 5.00. The van der Waals surface area contributed by atoms with Crippen molar-refractivity contribution in [1.29, 1.82) is 0 Å². The molecule has 0 aromatic carbocycles. The fraction of sp³-hybridized carbons (Fsp3) is 1.00. The fourth-order valence-corrected chi connectivity index (χ4v) is 2.00. The molecule has 2 heteroatoms. The van der Waals surface area contributed by atoms with Crippen LogP contribution in [0.2, 0.25) is 0 Å². The van der Waals surface area contributed by atoms with E-state index in [0.29, 0.717) is 0 Å². The first kappa shape index (κ1) is 14.9. The first-order valence-corrected chi connectivity index (χ1v) is 6.39. The van der Waals surface area contributed by atoms with Gasteiger partial charge in [-0.2, -0.15) is 0 Å². The molecule has 0 saturated carbocycles. The quantitative estimate of drug-likeness (QED) is 0.622. The van der Waals surface area contributed by atoms with Crippen molar-refractivity contribution < 1.29 is 10.2 Å². The molecule has 0 aromatic rings. The molecule has 2 nitrogen and oxygen atoms in total. The highest BCUT2D eigenvalue weighted by Crippen LogP contribution is 2.16. The second-order valence-corrected chi connectivity index (χ2v) is 5.00. The number of aliphatic hydroxyl groups is 2. The maximum Gasteiger partial charge on any atom is 0.0543 e. The summed E-state index contributed by atoms with van der Waals surface area (Å²) in [5.74, 6) is 1.02. The maximum atomic E-state index is 9.68. The lowest BCUT2D eigenvalue weighted by Gasteiger charge is -2.15. The van der Waals surface area contributed by atoms with Crippen LogP contribution in [-0.4, -0.2) is 22.9 Å². The van der Waals surface area contributed by atoms with Crippen LogP contribution in [0.1, 0.15) is 59.3 Å². The monoisotopic (exact) mass is 216 g/mol. The van der Waals surface area contributed by atoms with E-state index in [1.165, 1.54) is 19.3 Å². The standard InChI is InChI=1S/C13H28O2/c1-4-6-11(2)7-5-8-13(15)9-12(3)10-14/h11-15H,4-10H2,1-3H3. The largest absolute Gasteiger partial charge is 0.396 e. The van der Waals surface area contributed by atoms with Crippen molar-refractivity contribution in [3.63, 3.8) is 0 Å². The SMILES string of the molecule is CCCC(C)CCCC(O)CC(C)CO. The first-order chi connectivity index (χ1) is 7.10. The Morgan fingerprint density at radius 3 is 2.20 bits per heavy atom. The maximum absolute atomic E-state index is 9.68. The lowest BCUT2D eigenvalue weighted by Crippen LogP contribution is -2.14. The Kier molecular flexibility index (Phi) is 9.12. The van der Waals surface area contributed by atoms with Crippen molar-refractivity contribution in [3.8, 4) is 0 Å². The lowest BCUT2D eigenvalue weighted by molar-refractivity contribution is 0.111. The van der Waals surface area contributed by atoms with Crippen LogP contribution in [0.5, 0.6) is 0 Å². The van der Waals surface area contributed by atoms with E-state index >= 15 is 0 Å². The van der Waals surface area contributed by atoms with Crippen LogP contribution >= 0.6 is 0 Å². The van der Waals surface area contributed by atoms with Gasteiger partial charge in [0.25, 0.3) is 0 Å². The van der Waals surface area contributed by atoms with E-state index in [9.17, 15) is 5.11 Å². The van der Waals surface area contributed by atoms with Crippen LogP contribution in [-0.2, 0) is 0 Å². The van der Waals surface area contributed by atoms with Crippen LogP contribution in [0, 0.1) is 11.8 Å². The third-order valence-electron chi connectivity index (χ3n) is 3.00. The number of hydrogen-bond acceptors (Lipinski definition) is 2. The predicted molar refractivity (Wildman–Crippen MR) is 64.8 cm³/mol. The zero-order valence-corrected chi connectivity index (χ0v) is 10.6. The van der Waals surface area contributed by atoms with Gasteiger partial charge >= 0.3 is 0 Å². The molecule has 0 spiro atoms. The van der Waals surface area contributed by atoms with E-state index < -0.39 is 0 Å². The highest BCUT2D eigenvalue weighted by atomic mass is 16.3. The molecule has 3 unspecified atom stereocenters. The zero-order chi connectivity index (χ0) is 11.7. The summed E-state index contributed by atoms with van der Waals surface area (Å²) in [6, 6.07) is 0. The molecule has 2 N–H and O–H groups in total. The number of rotatable bonds is 9. The minimum atomic E-state index is -0.221. The van der Waals surface area contributed by atoms with Crippen LogP contribution in [0.25, 0.3) is 0 Å². The van der Waals surface area contributed by atoms with Crippen molar-refractivity contribution in [2.75, 3.05) is 6.61 Å². The summed E-state index contributed by atoms with van der Waals surface area (Å²) in [7, 11) is 0. The molecule has 0 aliphatic carbocycles. The molecule has 0 rings (SSSR count). The van der Waals surface area contributed by atoms with E-state index in [1.807, 2.05) is 6.92 Å². The molecule has 0 saturated heterocycles. The molecular formula is C13H28O2. The number of hydrogen-bond donors (Lipinski definition) is 2. The molecule has 0 fully saturated rings. The van der Waals surface area contributed by atoms with E-state index in [2.05, 4.69) is 13.8 Å². The van der Waals surface area contributed by atoms with E-state index in [0.717, 1.165) is 25.2 Å². The molecule has 3 atom stereocenters. The number of aliphatic hydroxyl groups excluding tert-OH is 2. The summed E-state index contributed by atoms with van der Waals surface area (Å²) in [5, 5.41) is 18.5. The Morgan fingerprint density at radius 2 is 1.67 bits per heavy atom. The second kappa shape index (κ2) is 9.17. The highest BCUT2D eigenvalue weighted by Gasteiger charge is 2.10. The smallest absolute Gasteiger partial charge is 0.0543 e. The van der Waals surface area contributed by atoms with Crippen LogP contribution in [0.3, 0.4) is 0 Å². The van der Waals surface area contributed by atoms with Crippen LogP contribution in [0.15, 0.2) is 0 Å². The Hall–Kier alpha value is -0.0800. The van der Waals surface area contributed by atoms with E-state index in [-0.39, 0.29) is 18.6 Å². The average molecular weight is 216 g/mol. The topological polar surface area (TPSA) is 40.5 Å². The van der Waals surface area contributed by atoms with E-state index in [4.69, 9.17) is 5.11 Å². The summed E-state index contributed by atoms with van der Waals surface area (Å²) in [6.07, 6.45) is 6.28. The Morgan fingerprint density at radius 1 is 1.00 bits per heavy atom. The third-order valence-corrected chi connectivity index (χ3v) is 3.00. The van der Waals surface area contributed by atoms with Gasteiger partial charge in [-0.1, -0.05) is 46.5 Å². The van der Waals surface area contributed by atoms with Gasteiger partial charge in [-0.15, -0.1) is 0 Å². The minimum absolute atomic E-state index is 0.184. The van der Waals surface area contributed by atoms with E-state index in [1.54, 1.807) is 0 Å². The normalized spacial score (nSPS) is 17.4. The van der Waals surface area contributed by atoms with Crippen LogP contribution < -0.4 is 0 Å². The van der Waals surface area contributed by atoms with Crippen molar-refractivity contribution in [3.05, 3.63) is 0 Å². The van der Waals surface area contributed by atoms with Crippen molar-refractivity contribution in [1.82, 2.24) is 0 Å². The summed E-state index contributed by atoms with van der Waals surface area (Å²) < 4.78 is 0. The van der Waals surface area contributed by atoms with Gasteiger partial charge < -0.3 is 10.2 Å². The predicted octanol–water partition coefficient (Wildman–Crippen LogP) is 2.97.